The van der Waals surface area contributed by atoms with E-state index in [0.717, 1.165) is 6.20 Å². The minimum Gasteiger partial charge on any atom is -0.362 e. The normalized spacial score (nSPS) is 13.9. The van der Waals surface area contributed by atoms with E-state index < -0.39 is 23.3 Å². The molecule has 168 valence electrons. The Labute approximate surface area is 189 Å². The minimum absolute atomic E-state index is 0.0126. The smallest absolute Gasteiger partial charge is 0.362 e. The predicted octanol–water partition coefficient (Wildman–Crippen LogP) is 2.45. The lowest BCUT2D eigenvalue weighted by molar-refractivity contribution is -0.143. The molecule has 1 aliphatic heterocycles. The van der Waals surface area contributed by atoms with E-state index in [1.165, 1.54) is 35.5 Å². The number of rotatable bonds is 4. The van der Waals surface area contributed by atoms with Gasteiger partial charge in [-0.1, -0.05) is 11.6 Å². The van der Waals surface area contributed by atoms with Crippen LogP contribution in [0.3, 0.4) is 0 Å². The van der Waals surface area contributed by atoms with Gasteiger partial charge in [-0.15, -0.1) is 4.80 Å². The molecule has 0 fully saturated rings. The summed E-state index contributed by atoms with van der Waals surface area (Å²) in [7, 11) is 0. The van der Waals surface area contributed by atoms with Gasteiger partial charge in [0.15, 0.2) is 11.5 Å². The number of dihydropyridines is 1. The fraction of sp³-hybridized carbons (Fsp3) is 0.158. The van der Waals surface area contributed by atoms with Crippen molar-refractivity contribution in [3.8, 4) is 11.8 Å². The van der Waals surface area contributed by atoms with Crippen molar-refractivity contribution in [3.05, 3.63) is 70.2 Å². The molecule has 4 heterocycles. The van der Waals surface area contributed by atoms with Crippen molar-refractivity contribution in [2.45, 2.75) is 13.1 Å². The molecule has 0 saturated carbocycles. The molecule has 0 unspecified atom stereocenters. The SMILES string of the molecule is Cc1cc(-n2ncc(C(=O)NC3=CC(C#N)=C(n4nccn4)NC3)c2C(F)(F)F)c(Cl)cn1. The predicted molar refractivity (Wildman–Crippen MR) is 109 cm³/mol. The molecule has 2 N–H and O–H groups in total. The van der Waals surface area contributed by atoms with Gasteiger partial charge >= 0.3 is 6.18 Å². The number of carbonyl (C=O) groups excluding carboxylic acids is 1. The average molecular weight is 476 g/mol. The molecule has 10 nitrogen and oxygen atoms in total. The molecule has 0 aliphatic carbocycles. The summed E-state index contributed by atoms with van der Waals surface area (Å²) >= 11 is 6.03. The highest BCUT2D eigenvalue weighted by molar-refractivity contribution is 6.32. The van der Waals surface area contributed by atoms with Crippen LogP contribution < -0.4 is 10.6 Å². The fourth-order valence-electron chi connectivity index (χ4n) is 3.12. The van der Waals surface area contributed by atoms with Gasteiger partial charge in [-0.05, 0) is 19.1 Å². The van der Waals surface area contributed by atoms with E-state index in [9.17, 15) is 23.2 Å². The second kappa shape index (κ2) is 8.40. The molecule has 33 heavy (non-hydrogen) atoms. The van der Waals surface area contributed by atoms with Gasteiger partial charge in [-0.3, -0.25) is 9.78 Å². The van der Waals surface area contributed by atoms with Gasteiger partial charge in [0.1, 0.15) is 6.07 Å². The van der Waals surface area contributed by atoms with Gasteiger partial charge in [0.2, 0.25) is 0 Å². The van der Waals surface area contributed by atoms with E-state index in [1.54, 1.807) is 6.92 Å². The summed E-state index contributed by atoms with van der Waals surface area (Å²) in [6.45, 7) is 1.60. The third kappa shape index (κ3) is 4.28. The topological polar surface area (TPSA) is 126 Å². The zero-order chi connectivity index (χ0) is 23.8. The van der Waals surface area contributed by atoms with Crippen LogP contribution in [0.4, 0.5) is 13.2 Å². The first kappa shape index (κ1) is 22.0. The number of hydrogen-bond acceptors (Lipinski definition) is 7. The first-order valence-corrected chi connectivity index (χ1v) is 9.61. The van der Waals surface area contributed by atoms with E-state index in [-0.39, 0.29) is 34.3 Å². The lowest BCUT2D eigenvalue weighted by atomic mass is 10.1. The number of carbonyl (C=O) groups is 1. The number of pyridine rings is 1. The van der Waals surface area contributed by atoms with Gasteiger partial charge < -0.3 is 10.6 Å². The molecule has 3 aromatic rings. The summed E-state index contributed by atoms with van der Waals surface area (Å²) in [5.41, 5.74) is -1.41. The van der Waals surface area contributed by atoms with Crippen molar-refractivity contribution in [2.24, 2.45) is 0 Å². The Morgan fingerprint density at radius 1 is 1.27 bits per heavy atom. The number of aromatic nitrogens is 6. The molecule has 14 heteroatoms. The van der Waals surface area contributed by atoms with Crippen LogP contribution in [-0.2, 0) is 6.18 Å². The van der Waals surface area contributed by atoms with Gasteiger partial charge in [-0.2, -0.15) is 33.7 Å². The summed E-state index contributed by atoms with van der Waals surface area (Å²) in [6, 6.07) is 3.26. The zero-order valence-electron chi connectivity index (χ0n) is 16.7. The monoisotopic (exact) mass is 475 g/mol. The Morgan fingerprint density at radius 2 is 2.00 bits per heavy atom. The molecular formula is C19H13ClF3N9O. The van der Waals surface area contributed by atoms with Gasteiger partial charge in [0, 0.05) is 17.6 Å². The third-order valence-electron chi connectivity index (χ3n) is 4.52. The zero-order valence-corrected chi connectivity index (χ0v) is 17.5. The maximum atomic E-state index is 13.9. The largest absolute Gasteiger partial charge is 0.434 e. The van der Waals surface area contributed by atoms with E-state index >= 15 is 0 Å². The Bertz CT molecular complexity index is 1330. The average Bonchev–Trinajstić information content (AvgIpc) is 3.45. The maximum absolute atomic E-state index is 13.9. The minimum atomic E-state index is -4.92. The molecule has 1 amide bonds. The second-order valence-electron chi connectivity index (χ2n) is 6.76. The molecule has 3 aromatic heterocycles. The maximum Gasteiger partial charge on any atom is 0.434 e. The number of alkyl halides is 3. The molecule has 0 radical (unpaired) electrons. The van der Waals surface area contributed by atoms with Crippen molar-refractivity contribution in [3.63, 3.8) is 0 Å². The number of halogens is 4. The van der Waals surface area contributed by atoms with Crippen LogP contribution in [-0.4, -0.2) is 42.2 Å². The summed E-state index contributed by atoms with van der Waals surface area (Å²) in [5.74, 6) is -0.784. The number of amides is 1. The number of allylic oxidation sites excluding steroid dienone is 2. The standard InChI is InChI=1S/C19H13ClF3N9O/c1-10-4-15(14(20)9-25-10)31-16(19(21,22)23)13(8-29-31)18(33)30-12-5-11(6-24)17(26-7-12)32-27-2-3-28-32/h2-5,8-9,26H,7H2,1H3,(H,30,33). The lowest BCUT2D eigenvalue weighted by Gasteiger charge is -2.19. The van der Waals surface area contributed by atoms with Crippen LogP contribution in [0.2, 0.25) is 5.02 Å². The summed E-state index contributed by atoms with van der Waals surface area (Å²) in [6.07, 6.45) is 1.25. The number of hydrogen-bond donors (Lipinski definition) is 2. The summed E-state index contributed by atoms with van der Waals surface area (Å²) < 4.78 is 42.3. The van der Waals surface area contributed by atoms with E-state index in [0.29, 0.717) is 10.4 Å². The Kier molecular flexibility index (Phi) is 5.60. The van der Waals surface area contributed by atoms with E-state index in [4.69, 9.17) is 11.6 Å². The first-order chi connectivity index (χ1) is 15.7. The Hall–Kier alpha value is -4.18. The van der Waals surface area contributed by atoms with Crippen molar-refractivity contribution < 1.29 is 18.0 Å². The summed E-state index contributed by atoms with van der Waals surface area (Å²) in [4.78, 5) is 17.9. The number of nitrogens with zero attached hydrogens (tertiary/aromatic N) is 7. The Morgan fingerprint density at radius 3 is 2.67 bits per heavy atom. The quantitative estimate of drug-likeness (QED) is 0.593. The van der Waals surface area contributed by atoms with Gasteiger partial charge in [0.05, 0.1) is 47.0 Å². The number of nitrogens with one attached hydrogen (secondary N) is 2. The number of nitriles is 1. The van der Waals surface area contributed by atoms with E-state index in [1.807, 2.05) is 6.07 Å². The Balaban J connectivity index is 1.69. The van der Waals surface area contributed by atoms with Crippen LogP contribution >= 0.6 is 11.6 Å². The molecule has 0 saturated heterocycles. The molecule has 4 rings (SSSR count). The molecule has 0 aromatic carbocycles. The van der Waals surface area contributed by atoms with Crippen LogP contribution in [0.5, 0.6) is 0 Å². The van der Waals surface area contributed by atoms with Crippen LogP contribution in [0, 0.1) is 18.3 Å². The van der Waals surface area contributed by atoms with Crippen LogP contribution in [0.25, 0.3) is 11.5 Å². The van der Waals surface area contributed by atoms with Gasteiger partial charge in [-0.25, -0.2) is 4.68 Å². The van der Waals surface area contributed by atoms with Crippen LogP contribution in [0.1, 0.15) is 21.7 Å². The first-order valence-electron chi connectivity index (χ1n) is 9.23. The van der Waals surface area contributed by atoms with E-state index in [2.05, 4.69) is 30.9 Å². The summed E-state index contributed by atoms with van der Waals surface area (Å²) in [5, 5.41) is 26.2. The second-order valence-corrected chi connectivity index (χ2v) is 7.17. The van der Waals surface area contributed by atoms with Crippen molar-refractivity contribution in [2.75, 3.05) is 6.54 Å². The molecule has 0 spiro atoms. The number of aryl methyl sites for hydroxylation is 1. The van der Waals surface area contributed by atoms with Crippen LogP contribution in [0.15, 0.2) is 48.2 Å². The lowest BCUT2D eigenvalue weighted by Crippen LogP contribution is -2.34. The highest BCUT2D eigenvalue weighted by Gasteiger charge is 2.41. The van der Waals surface area contributed by atoms with Crippen molar-refractivity contribution >= 4 is 23.3 Å². The van der Waals surface area contributed by atoms with Crippen molar-refractivity contribution in [1.29, 1.82) is 5.26 Å². The molecule has 0 atom stereocenters. The molecule has 0 bridgehead atoms. The van der Waals surface area contributed by atoms with Crippen molar-refractivity contribution in [1.82, 2.24) is 40.4 Å². The third-order valence-corrected chi connectivity index (χ3v) is 4.81. The fourth-order valence-corrected chi connectivity index (χ4v) is 3.30. The highest BCUT2D eigenvalue weighted by Crippen LogP contribution is 2.35. The molecule has 1 aliphatic rings. The molecular weight excluding hydrogens is 463 g/mol. The van der Waals surface area contributed by atoms with Gasteiger partial charge in [0.25, 0.3) is 5.91 Å². The highest BCUT2D eigenvalue weighted by atomic mass is 35.5.